The fourth-order valence-corrected chi connectivity index (χ4v) is 1.48. The Labute approximate surface area is 77.5 Å². The highest BCUT2D eigenvalue weighted by molar-refractivity contribution is 5.87. The average Bonchev–Trinajstić information content (AvgIpc) is 2.44. The molecule has 0 spiro atoms. The molecule has 0 radical (unpaired) electrons. The minimum Gasteiger partial charge on any atom is -0.480 e. The number of alkyl halides is 2. The number of carboxylic acid groups (broad SMARTS) is 1. The lowest BCUT2D eigenvalue weighted by atomic mass is 10.0. The summed E-state index contributed by atoms with van der Waals surface area (Å²) in [6.45, 7) is 1.52. The fourth-order valence-electron chi connectivity index (χ4n) is 1.48. The summed E-state index contributed by atoms with van der Waals surface area (Å²) in [5.41, 5.74) is -2.36. The number of hydrogen-bond donors (Lipinski definition) is 1. The van der Waals surface area contributed by atoms with Crippen molar-refractivity contribution in [3.05, 3.63) is 17.5 Å². The van der Waals surface area contributed by atoms with E-state index in [9.17, 15) is 13.6 Å². The van der Waals surface area contributed by atoms with E-state index in [1.165, 1.54) is 13.0 Å². The molecule has 1 saturated carbocycles. The summed E-state index contributed by atoms with van der Waals surface area (Å²) in [5, 5.41) is 12.1. The highest BCUT2D eigenvalue weighted by atomic mass is 19.3. The summed E-state index contributed by atoms with van der Waals surface area (Å²) in [4.78, 5) is 10.7. The topological polar surface area (TPSA) is 63.3 Å². The van der Waals surface area contributed by atoms with Crippen molar-refractivity contribution in [2.75, 3.05) is 0 Å². The second-order valence-electron chi connectivity index (χ2n) is 3.41. The molecule has 0 bridgehead atoms. The molecule has 1 aliphatic rings. The summed E-state index contributed by atoms with van der Waals surface area (Å²) in [6, 6.07) is 1.23. The van der Waals surface area contributed by atoms with Crippen molar-refractivity contribution in [1.82, 2.24) is 5.16 Å². The lowest BCUT2D eigenvalue weighted by Gasteiger charge is -2.05. The highest BCUT2D eigenvalue weighted by Crippen LogP contribution is 2.61. The van der Waals surface area contributed by atoms with Gasteiger partial charge in [0.1, 0.15) is 11.5 Å². The van der Waals surface area contributed by atoms with Gasteiger partial charge in [-0.3, -0.25) is 4.79 Å². The Morgan fingerprint density at radius 1 is 1.71 bits per heavy atom. The van der Waals surface area contributed by atoms with Crippen LogP contribution >= 0.6 is 0 Å². The van der Waals surface area contributed by atoms with Crippen LogP contribution in [0, 0.1) is 6.92 Å². The van der Waals surface area contributed by atoms with E-state index in [-0.39, 0.29) is 5.69 Å². The van der Waals surface area contributed by atoms with Gasteiger partial charge in [-0.05, 0) is 6.92 Å². The molecule has 1 unspecified atom stereocenters. The predicted molar refractivity (Wildman–Crippen MR) is 40.1 cm³/mol. The van der Waals surface area contributed by atoms with E-state index in [0.29, 0.717) is 5.76 Å². The molecule has 14 heavy (non-hydrogen) atoms. The van der Waals surface area contributed by atoms with E-state index in [1.54, 1.807) is 0 Å². The second-order valence-corrected chi connectivity index (χ2v) is 3.41. The SMILES string of the molecule is Cc1cc(C2(C(=O)O)CC2(F)F)no1. The van der Waals surface area contributed by atoms with Crippen molar-refractivity contribution in [3.63, 3.8) is 0 Å². The number of rotatable bonds is 2. The quantitative estimate of drug-likeness (QED) is 0.787. The molecule has 4 nitrogen and oxygen atoms in total. The molecule has 6 heteroatoms. The number of hydrogen-bond acceptors (Lipinski definition) is 3. The largest absolute Gasteiger partial charge is 0.480 e. The monoisotopic (exact) mass is 203 g/mol. The number of nitrogens with zero attached hydrogens (tertiary/aromatic N) is 1. The molecule has 1 fully saturated rings. The molecule has 0 saturated heterocycles. The van der Waals surface area contributed by atoms with Gasteiger partial charge in [-0.1, -0.05) is 5.16 Å². The van der Waals surface area contributed by atoms with Crippen molar-refractivity contribution >= 4 is 5.97 Å². The van der Waals surface area contributed by atoms with E-state index < -0.39 is 23.7 Å². The number of aryl methyl sites for hydroxylation is 1. The maximum atomic E-state index is 12.9. The van der Waals surface area contributed by atoms with E-state index in [2.05, 4.69) is 9.68 Å². The highest BCUT2D eigenvalue weighted by Gasteiger charge is 2.79. The molecule has 1 atom stereocenters. The Morgan fingerprint density at radius 3 is 2.57 bits per heavy atom. The molecule has 0 aliphatic heterocycles. The van der Waals surface area contributed by atoms with Crippen LogP contribution in [0.5, 0.6) is 0 Å². The van der Waals surface area contributed by atoms with E-state index >= 15 is 0 Å². The minimum absolute atomic E-state index is 0.201. The molecular formula is C8H7F2NO3. The summed E-state index contributed by atoms with van der Waals surface area (Å²) in [5.74, 6) is -4.46. The van der Waals surface area contributed by atoms with E-state index in [4.69, 9.17) is 5.11 Å². The molecule has 2 rings (SSSR count). The number of aliphatic carboxylic acids is 1. The van der Waals surface area contributed by atoms with Gasteiger partial charge in [0.2, 0.25) is 0 Å². The number of aromatic nitrogens is 1. The maximum Gasteiger partial charge on any atom is 0.322 e. The molecule has 1 aromatic rings. The van der Waals surface area contributed by atoms with Gasteiger partial charge < -0.3 is 9.63 Å². The van der Waals surface area contributed by atoms with Crippen molar-refractivity contribution in [1.29, 1.82) is 0 Å². The Hall–Kier alpha value is -1.46. The molecule has 0 amide bonds. The van der Waals surface area contributed by atoms with Gasteiger partial charge in [-0.25, -0.2) is 8.78 Å². The Bertz CT molecular complexity index is 401. The van der Waals surface area contributed by atoms with Gasteiger partial charge in [0.25, 0.3) is 5.92 Å². The van der Waals surface area contributed by atoms with Gasteiger partial charge in [-0.15, -0.1) is 0 Å². The van der Waals surface area contributed by atoms with Crippen LogP contribution in [0.25, 0.3) is 0 Å². The zero-order valence-corrected chi connectivity index (χ0v) is 7.25. The molecule has 1 heterocycles. The fraction of sp³-hybridized carbons (Fsp3) is 0.500. The summed E-state index contributed by atoms with van der Waals surface area (Å²) < 4.78 is 30.5. The lowest BCUT2D eigenvalue weighted by molar-refractivity contribution is -0.143. The Morgan fingerprint density at radius 2 is 2.29 bits per heavy atom. The van der Waals surface area contributed by atoms with Crippen LogP contribution in [0.2, 0.25) is 0 Å². The first-order chi connectivity index (χ1) is 6.40. The zero-order valence-electron chi connectivity index (χ0n) is 7.25. The van der Waals surface area contributed by atoms with Gasteiger partial charge in [-0.2, -0.15) is 0 Å². The first kappa shape index (κ1) is 9.11. The third kappa shape index (κ3) is 0.906. The average molecular weight is 203 g/mol. The van der Waals surface area contributed by atoms with Crippen LogP contribution in [0.1, 0.15) is 17.9 Å². The van der Waals surface area contributed by atoms with Crippen molar-refractivity contribution < 1.29 is 23.2 Å². The van der Waals surface area contributed by atoms with Crippen LogP contribution in [0.3, 0.4) is 0 Å². The van der Waals surface area contributed by atoms with Crippen molar-refractivity contribution in [2.24, 2.45) is 0 Å². The van der Waals surface area contributed by atoms with Gasteiger partial charge in [0.05, 0.1) is 0 Å². The van der Waals surface area contributed by atoms with Crippen LogP contribution in [0.4, 0.5) is 8.78 Å². The normalized spacial score (nSPS) is 28.8. The second kappa shape index (κ2) is 2.31. The number of carbonyl (C=O) groups is 1. The zero-order chi connectivity index (χ0) is 10.6. The molecule has 76 valence electrons. The summed E-state index contributed by atoms with van der Waals surface area (Å²) in [7, 11) is 0. The Kier molecular flexibility index (Phi) is 1.51. The smallest absolute Gasteiger partial charge is 0.322 e. The molecule has 0 aromatic carbocycles. The summed E-state index contributed by atoms with van der Waals surface area (Å²) in [6.07, 6.45) is -0.707. The maximum absolute atomic E-state index is 12.9. The van der Waals surface area contributed by atoms with Crippen LogP contribution in [-0.4, -0.2) is 22.2 Å². The predicted octanol–water partition coefficient (Wildman–Crippen LogP) is 1.34. The molecule has 1 N–H and O–H groups in total. The molecule has 1 aromatic heterocycles. The Balaban J connectivity index is 2.46. The van der Waals surface area contributed by atoms with E-state index in [0.717, 1.165) is 0 Å². The third-order valence-electron chi connectivity index (χ3n) is 2.42. The summed E-state index contributed by atoms with van der Waals surface area (Å²) >= 11 is 0. The van der Waals surface area contributed by atoms with Crippen LogP contribution in [0.15, 0.2) is 10.6 Å². The van der Waals surface area contributed by atoms with Crippen molar-refractivity contribution in [2.45, 2.75) is 24.7 Å². The first-order valence-electron chi connectivity index (χ1n) is 3.95. The minimum atomic E-state index is -3.22. The van der Waals surface area contributed by atoms with Crippen LogP contribution < -0.4 is 0 Å². The number of carboxylic acids is 1. The lowest BCUT2D eigenvalue weighted by Crippen LogP contribution is -2.27. The number of halogens is 2. The van der Waals surface area contributed by atoms with Crippen LogP contribution in [-0.2, 0) is 10.2 Å². The third-order valence-corrected chi connectivity index (χ3v) is 2.42. The van der Waals surface area contributed by atoms with Gasteiger partial charge in [0, 0.05) is 12.5 Å². The molecular weight excluding hydrogens is 196 g/mol. The van der Waals surface area contributed by atoms with E-state index in [1.807, 2.05) is 0 Å². The first-order valence-corrected chi connectivity index (χ1v) is 3.95. The standard InChI is InChI=1S/C8H7F2NO3/c1-4-2-5(11-14-4)7(6(12)13)3-8(7,9)10/h2H,3H2,1H3,(H,12,13). The van der Waals surface area contributed by atoms with Gasteiger partial charge in [0.15, 0.2) is 5.41 Å². The van der Waals surface area contributed by atoms with Crippen molar-refractivity contribution in [3.8, 4) is 0 Å². The molecule has 1 aliphatic carbocycles. The van der Waals surface area contributed by atoms with Gasteiger partial charge >= 0.3 is 5.97 Å².